The highest BCUT2D eigenvalue weighted by Gasteiger charge is 2.05. The van der Waals surface area contributed by atoms with E-state index in [4.69, 9.17) is 14.2 Å². The monoisotopic (exact) mass is 316 g/mol. The normalized spacial score (nSPS) is 9.55. The summed E-state index contributed by atoms with van der Waals surface area (Å²) in [6.45, 7) is 7.58. The Labute approximate surface area is 130 Å². The van der Waals surface area contributed by atoms with E-state index in [9.17, 15) is 14.4 Å². The molecule has 0 aromatic rings. The molecule has 0 aromatic carbocycles. The van der Waals surface area contributed by atoms with E-state index in [2.05, 4.69) is 17.2 Å². The molecule has 0 radical (unpaired) electrons. The van der Waals surface area contributed by atoms with Gasteiger partial charge in [-0.15, -0.1) is 0 Å². The largest absolute Gasteiger partial charge is 0.460 e. The molecule has 0 bridgehead atoms. The van der Waals surface area contributed by atoms with Crippen molar-refractivity contribution in [2.45, 2.75) is 26.7 Å². The van der Waals surface area contributed by atoms with Gasteiger partial charge < -0.3 is 24.8 Å². The quantitative estimate of drug-likeness (QED) is 0.273. The van der Waals surface area contributed by atoms with Crippen LogP contribution in [0.2, 0.25) is 0 Å². The molecule has 2 amide bonds. The third-order valence-electron chi connectivity index (χ3n) is 2.30. The third-order valence-corrected chi connectivity index (χ3v) is 2.30. The zero-order chi connectivity index (χ0) is 16.8. The molecule has 8 heteroatoms. The second kappa shape index (κ2) is 12.5. The minimum Gasteiger partial charge on any atom is -0.460 e. The van der Waals surface area contributed by atoms with Gasteiger partial charge in [0.2, 0.25) is 0 Å². The Morgan fingerprint density at radius 1 is 0.909 bits per heavy atom. The molecule has 0 spiro atoms. The number of nitrogens with one attached hydrogen (secondary N) is 2. The van der Waals surface area contributed by atoms with Crippen LogP contribution in [0.4, 0.5) is 9.59 Å². The maximum absolute atomic E-state index is 11.2. The van der Waals surface area contributed by atoms with Crippen LogP contribution in [0.15, 0.2) is 12.2 Å². The van der Waals surface area contributed by atoms with Crippen LogP contribution in [0.25, 0.3) is 0 Å². The van der Waals surface area contributed by atoms with Gasteiger partial charge in [0.25, 0.3) is 0 Å². The SMILES string of the molecule is C=C(C)C(=O)OCCNC(=O)OCCOC(=O)NCCCC. The first kappa shape index (κ1) is 19.8. The van der Waals surface area contributed by atoms with E-state index in [1.165, 1.54) is 6.92 Å². The minimum absolute atomic E-state index is 0.0249. The Balaban J connectivity index is 3.48. The van der Waals surface area contributed by atoms with Crippen molar-refractivity contribution in [3.8, 4) is 0 Å². The first-order valence-corrected chi connectivity index (χ1v) is 7.11. The summed E-state index contributed by atoms with van der Waals surface area (Å²) >= 11 is 0. The lowest BCUT2D eigenvalue weighted by Crippen LogP contribution is -2.31. The van der Waals surface area contributed by atoms with E-state index < -0.39 is 18.2 Å². The van der Waals surface area contributed by atoms with Crippen molar-refractivity contribution in [1.29, 1.82) is 0 Å². The maximum Gasteiger partial charge on any atom is 0.407 e. The van der Waals surface area contributed by atoms with Crippen molar-refractivity contribution in [3.05, 3.63) is 12.2 Å². The second-order valence-electron chi connectivity index (χ2n) is 4.40. The highest BCUT2D eigenvalue weighted by Crippen LogP contribution is 1.91. The van der Waals surface area contributed by atoms with Crippen LogP contribution in [0.3, 0.4) is 0 Å². The average Bonchev–Trinajstić information content (AvgIpc) is 2.48. The van der Waals surface area contributed by atoms with Crippen LogP contribution in [-0.4, -0.2) is 51.1 Å². The Kier molecular flexibility index (Phi) is 11.2. The molecule has 22 heavy (non-hydrogen) atoms. The van der Waals surface area contributed by atoms with E-state index in [0.717, 1.165) is 12.8 Å². The van der Waals surface area contributed by atoms with Gasteiger partial charge in [-0.3, -0.25) is 0 Å². The van der Waals surface area contributed by atoms with Gasteiger partial charge in [0.05, 0.1) is 6.54 Å². The van der Waals surface area contributed by atoms with Crippen LogP contribution in [0, 0.1) is 0 Å². The van der Waals surface area contributed by atoms with Crippen LogP contribution in [0.1, 0.15) is 26.7 Å². The number of rotatable bonds is 10. The van der Waals surface area contributed by atoms with Crippen molar-refractivity contribution in [2.75, 3.05) is 32.9 Å². The zero-order valence-corrected chi connectivity index (χ0v) is 13.1. The number of alkyl carbamates (subject to hydrolysis) is 2. The molecule has 0 aromatic heterocycles. The molecule has 0 saturated carbocycles. The van der Waals surface area contributed by atoms with Crippen LogP contribution < -0.4 is 10.6 Å². The number of esters is 1. The highest BCUT2D eigenvalue weighted by molar-refractivity contribution is 5.86. The fourth-order valence-corrected chi connectivity index (χ4v) is 1.16. The lowest BCUT2D eigenvalue weighted by atomic mass is 10.3. The number of hydrogen-bond acceptors (Lipinski definition) is 6. The predicted molar refractivity (Wildman–Crippen MR) is 79.4 cm³/mol. The van der Waals surface area contributed by atoms with Gasteiger partial charge in [-0.05, 0) is 13.3 Å². The first-order chi connectivity index (χ1) is 10.5. The van der Waals surface area contributed by atoms with Crippen molar-refractivity contribution in [3.63, 3.8) is 0 Å². The summed E-state index contributed by atoms with van der Waals surface area (Å²) in [7, 11) is 0. The number of unbranched alkanes of at least 4 members (excludes halogenated alkanes) is 1. The fraction of sp³-hybridized carbons (Fsp3) is 0.643. The summed E-state index contributed by atoms with van der Waals surface area (Å²) in [5, 5.41) is 4.94. The standard InChI is InChI=1S/C14H24N2O6/c1-4-5-6-15-13(18)21-9-10-22-14(19)16-7-8-20-12(17)11(2)3/h2,4-10H2,1,3H3,(H,15,18)(H,16,19). The van der Waals surface area contributed by atoms with Gasteiger partial charge in [-0.1, -0.05) is 19.9 Å². The Bertz CT molecular complexity index is 384. The summed E-state index contributed by atoms with van der Waals surface area (Å²) in [4.78, 5) is 33.4. The topological polar surface area (TPSA) is 103 Å². The van der Waals surface area contributed by atoms with E-state index >= 15 is 0 Å². The van der Waals surface area contributed by atoms with E-state index in [-0.39, 0.29) is 31.9 Å². The molecule has 0 fully saturated rings. The van der Waals surface area contributed by atoms with Crippen LogP contribution in [-0.2, 0) is 19.0 Å². The second-order valence-corrected chi connectivity index (χ2v) is 4.40. The van der Waals surface area contributed by atoms with Gasteiger partial charge in [0, 0.05) is 12.1 Å². The van der Waals surface area contributed by atoms with E-state index in [1.807, 2.05) is 6.92 Å². The third kappa shape index (κ3) is 11.6. The fourth-order valence-electron chi connectivity index (χ4n) is 1.16. The molecule has 0 aliphatic carbocycles. The molecule has 0 aliphatic heterocycles. The zero-order valence-electron chi connectivity index (χ0n) is 13.1. The smallest absolute Gasteiger partial charge is 0.407 e. The molecule has 0 unspecified atom stereocenters. The average molecular weight is 316 g/mol. The molecule has 0 atom stereocenters. The van der Waals surface area contributed by atoms with Gasteiger partial charge in [-0.25, -0.2) is 14.4 Å². The van der Waals surface area contributed by atoms with Crippen molar-refractivity contribution in [2.24, 2.45) is 0 Å². The molecule has 8 nitrogen and oxygen atoms in total. The van der Waals surface area contributed by atoms with Crippen LogP contribution >= 0.6 is 0 Å². The first-order valence-electron chi connectivity index (χ1n) is 7.11. The number of amides is 2. The summed E-state index contributed by atoms with van der Waals surface area (Å²) < 4.78 is 14.3. The Morgan fingerprint density at radius 3 is 1.95 bits per heavy atom. The lowest BCUT2D eigenvalue weighted by molar-refractivity contribution is -0.138. The van der Waals surface area contributed by atoms with Crippen molar-refractivity contribution in [1.82, 2.24) is 10.6 Å². The molecule has 0 aliphatic rings. The van der Waals surface area contributed by atoms with Gasteiger partial charge in [0.15, 0.2) is 0 Å². The van der Waals surface area contributed by atoms with Gasteiger partial charge in [0.1, 0.15) is 19.8 Å². The van der Waals surface area contributed by atoms with Gasteiger partial charge in [-0.2, -0.15) is 0 Å². The van der Waals surface area contributed by atoms with Gasteiger partial charge >= 0.3 is 18.2 Å². The van der Waals surface area contributed by atoms with E-state index in [0.29, 0.717) is 6.54 Å². The molecular weight excluding hydrogens is 292 g/mol. The minimum atomic E-state index is -0.679. The number of carbonyl (C=O) groups is 3. The summed E-state index contributed by atoms with van der Waals surface area (Å²) in [6.07, 6.45) is 0.639. The molecule has 126 valence electrons. The predicted octanol–water partition coefficient (Wildman–Crippen LogP) is 1.36. The highest BCUT2D eigenvalue weighted by atomic mass is 16.6. The van der Waals surface area contributed by atoms with Crippen molar-refractivity contribution >= 4 is 18.2 Å². The summed E-state index contributed by atoms with van der Waals surface area (Å²) in [5.74, 6) is -0.516. The number of carbonyl (C=O) groups excluding carboxylic acids is 3. The summed E-state index contributed by atoms with van der Waals surface area (Å²) in [6, 6.07) is 0. The molecule has 0 saturated heterocycles. The molecule has 0 heterocycles. The Morgan fingerprint density at radius 2 is 1.45 bits per heavy atom. The molecular formula is C14H24N2O6. The van der Waals surface area contributed by atoms with Crippen molar-refractivity contribution < 1.29 is 28.6 Å². The molecule has 2 N–H and O–H groups in total. The van der Waals surface area contributed by atoms with Crippen LogP contribution in [0.5, 0.6) is 0 Å². The number of hydrogen-bond donors (Lipinski definition) is 2. The lowest BCUT2D eigenvalue weighted by Gasteiger charge is -2.09. The summed E-state index contributed by atoms with van der Waals surface area (Å²) in [5.41, 5.74) is 0.289. The van der Waals surface area contributed by atoms with E-state index in [1.54, 1.807) is 0 Å². The maximum atomic E-state index is 11.2. The number of ether oxygens (including phenoxy) is 3. The molecule has 0 rings (SSSR count). The Hall–Kier alpha value is -2.25.